The molecule has 0 atom stereocenters. The molecule has 1 aromatic heterocycles. The Kier molecular flexibility index (Phi) is 3.79. The number of halogens is 1. The smallest absolute Gasteiger partial charge is 0.283 e. The number of nitrogens with zero attached hydrogens (tertiary/aromatic N) is 1. The summed E-state index contributed by atoms with van der Waals surface area (Å²) in [6.07, 6.45) is 0. The standard InChI is InChI=1S/C13H10ClNO3/c14-13(17)11-7-4-8-12(16)15(11)18-9-10-5-2-1-3-6-10/h1-8H,9H2. The topological polar surface area (TPSA) is 48.3 Å². The molecule has 2 rings (SSSR count). The van der Waals surface area contributed by atoms with Crippen LogP contribution in [0.4, 0.5) is 0 Å². The van der Waals surface area contributed by atoms with Crippen LogP contribution in [0.2, 0.25) is 0 Å². The van der Waals surface area contributed by atoms with E-state index < -0.39 is 10.8 Å². The summed E-state index contributed by atoms with van der Waals surface area (Å²) < 4.78 is 0.905. The van der Waals surface area contributed by atoms with E-state index in [4.69, 9.17) is 16.4 Å². The lowest BCUT2D eigenvalue weighted by atomic mass is 10.2. The van der Waals surface area contributed by atoms with Crippen LogP contribution >= 0.6 is 11.6 Å². The minimum Gasteiger partial charge on any atom is -0.405 e. The van der Waals surface area contributed by atoms with Gasteiger partial charge in [0.05, 0.1) is 0 Å². The van der Waals surface area contributed by atoms with Crippen LogP contribution < -0.4 is 10.4 Å². The Bertz CT molecular complexity index is 607. The maximum absolute atomic E-state index is 11.6. The summed E-state index contributed by atoms with van der Waals surface area (Å²) in [6.45, 7) is 0.182. The van der Waals surface area contributed by atoms with Crippen LogP contribution in [-0.4, -0.2) is 9.97 Å². The molecule has 0 saturated heterocycles. The Morgan fingerprint density at radius 1 is 1.11 bits per heavy atom. The zero-order chi connectivity index (χ0) is 13.0. The first-order valence-electron chi connectivity index (χ1n) is 5.27. The van der Waals surface area contributed by atoms with Crippen LogP contribution in [-0.2, 0) is 6.61 Å². The molecular formula is C13H10ClNO3. The second kappa shape index (κ2) is 5.51. The third kappa shape index (κ3) is 2.78. The highest BCUT2D eigenvalue weighted by Crippen LogP contribution is 2.02. The minimum atomic E-state index is -0.735. The van der Waals surface area contributed by atoms with Crippen molar-refractivity contribution in [2.75, 3.05) is 0 Å². The third-order valence-electron chi connectivity index (χ3n) is 2.32. The van der Waals surface area contributed by atoms with Crippen LogP contribution in [0.15, 0.2) is 53.3 Å². The second-order valence-corrected chi connectivity index (χ2v) is 3.92. The molecule has 5 heteroatoms. The molecule has 0 unspecified atom stereocenters. The van der Waals surface area contributed by atoms with Gasteiger partial charge in [0, 0.05) is 6.07 Å². The highest BCUT2D eigenvalue weighted by Gasteiger charge is 2.10. The van der Waals surface area contributed by atoms with Crippen molar-refractivity contribution in [3.05, 3.63) is 70.1 Å². The van der Waals surface area contributed by atoms with Gasteiger partial charge in [0.25, 0.3) is 10.8 Å². The molecule has 0 aliphatic carbocycles. The largest absolute Gasteiger partial charge is 0.405 e. The molecule has 0 fully saturated rings. The number of carbonyl (C=O) groups is 1. The normalized spacial score (nSPS) is 10.1. The Balaban J connectivity index is 2.24. The van der Waals surface area contributed by atoms with Crippen LogP contribution in [0.25, 0.3) is 0 Å². The zero-order valence-electron chi connectivity index (χ0n) is 9.38. The van der Waals surface area contributed by atoms with Crippen LogP contribution in [0.3, 0.4) is 0 Å². The van der Waals surface area contributed by atoms with Crippen LogP contribution in [0.5, 0.6) is 0 Å². The van der Waals surface area contributed by atoms with Crippen molar-refractivity contribution in [2.24, 2.45) is 0 Å². The highest BCUT2D eigenvalue weighted by molar-refractivity contribution is 6.67. The van der Waals surface area contributed by atoms with Gasteiger partial charge in [-0.1, -0.05) is 36.4 Å². The predicted molar refractivity (Wildman–Crippen MR) is 67.6 cm³/mol. The fourth-order valence-electron chi connectivity index (χ4n) is 1.47. The predicted octanol–water partition coefficient (Wildman–Crippen LogP) is 1.86. The van der Waals surface area contributed by atoms with E-state index in [0.717, 1.165) is 10.3 Å². The summed E-state index contributed by atoms with van der Waals surface area (Å²) in [5, 5.41) is -0.735. The summed E-state index contributed by atoms with van der Waals surface area (Å²) >= 11 is 5.38. The molecule has 1 aromatic carbocycles. The molecule has 0 N–H and O–H groups in total. The van der Waals surface area contributed by atoms with E-state index in [9.17, 15) is 9.59 Å². The molecule has 0 spiro atoms. The van der Waals surface area contributed by atoms with Gasteiger partial charge in [0.2, 0.25) is 0 Å². The number of carbonyl (C=O) groups excluding carboxylic acids is 1. The highest BCUT2D eigenvalue weighted by atomic mass is 35.5. The summed E-state index contributed by atoms with van der Waals surface area (Å²) in [6, 6.07) is 13.5. The molecule has 0 bridgehead atoms. The van der Waals surface area contributed by atoms with Crippen molar-refractivity contribution < 1.29 is 9.63 Å². The van der Waals surface area contributed by atoms with Crippen molar-refractivity contribution in [3.63, 3.8) is 0 Å². The van der Waals surface area contributed by atoms with Gasteiger partial charge in [0.1, 0.15) is 12.3 Å². The van der Waals surface area contributed by atoms with E-state index in [-0.39, 0.29) is 12.3 Å². The quantitative estimate of drug-likeness (QED) is 0.791. The average molecular weight is 264 g/mol. The third-order valence-corrected chi connectivity index (χ3v) is 2.51. The molecule has 18 heavy (non-hydrogen) atoms. The van der Waals surface area contributed by atoms with Crippen molar-refractivity contribution in [1.29, 1.82) is 0 Å². The molecule has 4 nitrogen and oxygen atoms in total. The Hall–Kier alpha value is -2.07. The van der Waals surface area contributed by atoms with E-state index in [1.807, 2.05) is 30.3 Å². The minimum absolute atomic E-state index is 0.0140. The molecule has 0 amide bonds. The van der Waals surface area contributed by atoms with Gasteiger partial charge < -0.3 is 4.84 Å². The molecule has 1 heterocycles. The summed E-state index contributed by atoms with van der Waals surface area (Å²) in [5.41, 5.74) is 0.471. The van der Waals surface area contributed by atoms with E-state index in [0.29, 0.717) is 0 Å². The van der Waals surface area contributed by atoms with E-state index >= 15 is 0 Å². The molecule has 92 valence electrons. The number of pyridine rings is 1. The molecule has 0 aliphatic heterocycles. The van der Waals surface area contributed by atoms with Crippen molar-refractivity contribution >= 4 is 16.8 Å². The second-order valence-electron chi connectivity index (χ2n) is 3.58. The van der Waals surface area contributed by atoms with Gasteiger partial charge in [0.15, 0.2) is 0 Å². The molecule has 0 saturated carbocycles. The molecule has 0 aliphatic rings. The van der Waals surface area contributed by atoms with Gasteiger partial charge in [-0.3, -0.25) is 9.59 Å². The lowest BCUT2D eigenvalue weighted by Crippen LogP contribution is -2.29. The first kappa shape index (κ1) is 12.4. The Morgan fingerprint density at radius 2 is 1.83 bits per heavy atom. The number of aromatic nitrogens is 1. The molecule has 0 radical (unpaired) electrons. The van der Waals surface area contributed by atoms with E-state index in [2.05, 4.69) is 0 Å². The fraction of sp³-hybridized carbons (Fsp3) is 0.0769. The van der Waals surface area contributed by atoms with Crippen LogP contribution in [0, 0.1) is 0 Å². The number of hydrogen-bond acceptors (Lipinski definition) is 3. The maximum Gasteiger partial charge on any atom is 0.283 e. The van der Waals surface area contributed by atoms with Gasteiger partial charge in [-0.25, -0.2) is 0 Å². The van der Waals surface area contributed by atoms with E-state index in [1.165, 1.54) is 18.2 Å². The first-order valence-corrected chi connectivity index (χ1v) is 5.65. The fourth-order valence-corrected chi connectivity index (χ4v) is 1.61. The zero-order valence-corrected chi connectivity index (χ0v) is 10.1. The molecule has 2 aromatic rings. The number of hydrogen-bond donors (Lipinski definition) is 0. The number of rotatable bonds is 4. The maximum atomic E-state index is 11.6. The summed E-state index contributed by atoms with van der Waals surface area (Å²) in [5.74, 6) is 0. The summed E-state index contributed by atoms with van der Waals surface area (Å²) in [7, 11) is 0. The van der Waals surface area contributed by atoms with Gasteiger partial charge >= 0.3 is 0 Å². The SMILES string of the molecule is O=C(Cl)c1cccc(=O)n1OCc1ccccc1. The monoisotopic (exact) mass is 263 g/mol. The Labute approximate surface area is 108 Å². The van der Waals surface area contributed by atoms with E-state index in [1.54, 1.807) is 0 Å². The van der Waals surface area contributed by atoms with Gasteiger partial charge in [-0.15, -0.1) is 4.73 Å². The summed E-state index contributed by atoms with van der Waals surface area (Å²) in [4.78, 5) is 28.1. The van der Waals surface area contributed by atoms with Crippen LogP contribution in [0.1, 0.15) is 16.1 Å². The number of benzene rings is 1. The molecular weight excluding hydrogens is 254 g/mol. The van der Waals surface area contributed by atoms with Gasteiger partial charge in [-0.2, -0.15) is 0 Å². The van der Waals surface area contributed by atoms with Crippen molar-refractivity contribution in [2.45, 2.75) is 6.61 Å². The average Bonchev–Trinajstić information content (AvgIpc) is 2.38. The first-order chi connectivity index (χ1) is 8.68. The van der Waals surface area contributed by atoms with Crippen molar-refractivity contribution in [3.8, 4) is 0 Å². The Morgan fingerprint density at radius 3 is 2.50 bits per heavy atom. The van der Waals surface area contributed by atoms with Gasteiger partial charge in [-0.05, 0) is 23.2 Å². The lowest BCUT2D eigenvalue weighted by molar-refractivity contribution is 0.0771. The van der Waals surface area contributed by atoms with Crippen molar-refractivity contribution in [1.82, 2.24) is 4.73 Å². The lowest BCUT2D eigenvalue weighted by Gasteiger charge is -2.10.